The second-order valence-electron chi connectivity index (χ2n) is 6.86. The molecule has 4 nitrogen and oxygen atoms in total. The van der Waals surface area contributed by atoms with E-state index >= 15 is 0 Å². The van der Waals surface area contributed by atoms with Crippen molar-refractivity contribution in [2.45, 2.75) is 18.6 Å². The van der Waals surface area contributed by atoms with E-state index in [2.05, 4.69) is 5.32 Å². The Morgan fingerprint density at radius 2 is 1.62 bits per heavy atom. The molecule has 3 aromatic carbocycles. The summed E-state index contributed by atoms with van der Waals surface area (Å²) in [6.45, 7) is 0. The van der Waals surface area contributed by atoms with Crippen LogP contribution in [0, 0.1) is 0 Å². The van der Waals surface area contributed by atoms with Crippen LogP contribution >= 0.6 is 23.2 Å². The fraction of sp³-hybridized carbons (Fsp3) is 0.174. The van der Waals surface area contributed by atoms with Gasteiger partial charge in [0.2, 0.25) is 0 Å². The number of nitrogens with zero attached hydrogens (tertiary/aromatic N) is 1. The number of phenolic OH excluding ortho intramolecular Hbond substituents is 1. The number of ether oxygens (including phenoxy) is 1. The molecule has 3 aromatic rings. The Hall–Kier alpha value is -2.53. The lowest BCUT2D eigenvalue weighted by molar-refractivity contribution is 0.360. The zero-order chi connectivity index (χ0) is 20.4. The number of phenols is 1. The van der Waals surface area contributed by atoms with Crippen molar-refractivity contribution in [3.05, 3.63) is 93.5 Å². The number of methoxy groups -OCH3 is 1. The number of nitrogens with one attached hydrogen (secondary N) is 1. The lowest BCUT2D eigenvalue weighted by Gasteiger charge is -2.31. The number of benzene rings is 3. The average Bonchev–Trinajstić information content (AvgIpc) is 2.74. The van der Waals surface area contributed by atoms with Gasteiger partial charge in [0.1, 0.15) is 6.17 Å². The maximum absolute atomic E-state index is 10.7. The lowest BCUT2D eigenvalue weighted by atomic mass is 9.93. The summed E-state index contributed by atoms with van der Waals surface area (Å²) in [7, 11) is 1.55. The van der Waals surface area contributed by atoms with E-state index < -0.39 is 0 Å². The molecule has 4 rings (SSSR count). The number of aromatic hydroxyl groups is 1. The third-order valence-corrected chi connectivity index (χ3v) is 5.53. The van der Waals surface area contributed by atoms with Gasteiger partial charge in [-0.1, -0.05) is 59.6 Å². The molecule has 0 aliphatic carbocycles. The summed E-state index contributed by atoms with van der Waals surface area (Å²) in [5, 5.41) is 15.6. The molecular weight excluding hydrogens is 407 g/mol. The van der Waals surface area contributed by atoms with Crippen LogP contribution in [0.3, 0.4) is 0 Å². The topological polar surface area (TPSA) is 53.8 Å². The Bertz CT molecular complexity index is 1030. The molecule has 0 bridgehead atoms. The van der Waals surface area contributed by atoms with Crippen molar-refractivity contribution in [3.8, 4) is 11.5 Å². The fourth-order valence-electron chi connectivity index (χ4n) is 3.52. The molecule has 1 aliphatic heterocycles. The van der Waals surface area contributed by atoms with Crippen LogP contribution in [0.15, 0.2) is 71.7 Å². The van der Waals surface area contributed by atoms with Gasteiger partial charge in [-0.2, -0.15) is 0 Å². The summed E-state index contributed by atoms with van der Waals surface area (Å²) >= 11 is 12.1. The summed E-state index contributed by atoms with van der Waals surface area (Å²) in [4.78, 5) is 4.94. The van der Waals surface area contributed by atoms with Gasteiger partial charge in [-0.25, -0.2) is 0 Å². The maximum Gasteiger partial charge on any atom is 0.162 e. The van der Waals surface area contributed by atoms with Gasteiger partial charge >= 0.3 is 0 Å². The van der Waals surface area contributed by atoms with Gasteiger partial charge in [0.05, 0.1) is 7.11 Å². The largest absolute Gasteiger partial charge is 0.504 e. The van der Waals surface area contributed by atoms with Crippen molar-refractivity contribution in [1.82, 2.24) is 5.32 Å². The van der Waals surface area contributed by atoms with E-state index in [-0.39, 0.29) is 18.0 Å². The zero-order valence-corrected chi connectivity index (χ0v) is 17.3. The Balaban J connectivity index is 1.76. The Morgan fingerprint density at radius 3 is 2.28 bits per heavy atom. The first-order valence-corrected chi connectivity index (χ1v) is 10.0. The highest BCUT2D eigenvalue weighted by molar-refractivity contribution is 6.30. The minimum Gasteiger partial charge on any atom is -0.504 e. The molecule has 0 amide bonds. The predicted molar refractivity (Wildman–Crippen MR) is 117 cm³/mol. The van der Waals surface area contributed by atoms with Gasteiger partial charge in [-0.15, -0.1) is 0 Å². The number of aliphatic imine (C=N–C) groups is 1. The third kappa shape index (κ3) is 4.25. The van der Waals surface area contributed by atoms with Crippen LogP contribution < -0.4 is 10.1 Å². The lowest BCUT2D eigenvalue weighted by Crippen LogP contribution is -2.33. The molecule has 1 aliphatic rings. The van der Waals surface area contributed by atoms with E-state index in [0.29, 0.717) is 22.2 Å². The number of para-hydroxylation sites is 1. The molecule has 0 spiro atoms. The van der Waals surface area contributed by atoms with Crippen LogP contribution in [-0.4, -0.2) is 17.9 Å². The van der Waals surface area contributed by atoms with Gasteiger partial charge in [0, 0.05) is 33.8 Å². The van der Waals surface area contributed by atoms with Crippen LogP contribution in [0.25, 0.3) is 0 Å². The predicted octanol–water partition coefficient (Wildman–Crippen LogP) is 5.93. The first-order chi connectivity index (χ1) is 14.0. The summed E-state index contributed by atoms with van der Waals surface area (Å²) in [5.41, 5.74) is 3.70. The van der Waals surface area contributed by atoms with Gasteiger partial charge in [0.25, 0.3) is 0 Å². The van der Waals surface area contributed by atoms with Crippen molar-refractivity contribution in [3.63, 3.8) is 0 Å². The SMILES string of the molecule is COc1cccc([C@@H]2CC(c3ccc(Cl)cc3)=N[C@H](c3ccc(Cl)cc3)N2)c1O. The Morgan fingerprint density at radius 1 is 0.966 bits per heavy atom. The van der Waals surface area contributed by atoms with E-state index in [4.69, 9.17) is 32.9 Å². The summed E-state index contributed by atoms with van der Waals surface area (Å²) in [6.07, 6.45) is 0.342. The van der Waals surface area contributed by atoms with Crippen molar-refractivity contribution >= 4 is 28.9 Å². The van der Waals surface area contributed by atoms with Crippen molar-refractivity contribution in [1.29, 1.82) is 0 Å². The molecular formula is C23H20Cl2N2O2. The van der Waals surface area contributed by atoms with Crippen LogP contribution in [0.5, 0.6) is 11.5 Å². The molecule has 148 valence electrons. The maximum atomic E-state index is 10.7. The Kier molecular flexibility index (Phi) is 5.76. The molecule has 2 atom stereocenters. The summed E-state index contributed by atoms with van der Waals surface area (Å²) in [5.74, 6) is 0.586. The Labute approximate surface area is 179 Å². The van der Waals surface area contributed by atoms with Crippen LogP contribution in [-0.2, 0) is 0 Å². The minimum absolute atomic E-state index is 0.139. The highest BCUT2D eigenvalue weighted by Gasteiger charge is 2.28. The van der Waals surface area contributed by atoms with Crippen LogP contribution in [0.1, 0.15) is 35.3 Å². The van der Waals surface area contributed by atoms with Gasteiger partial charge in [0.15, 0.2) is 11.5 Å². The number of hydrogen-bond donors (Lipinski definition) is 2. The minimum atomic E-state index is -0.276. The van der Waals surface area contributed by atoms with Crippen LogP contribution in [0.4, 0.5) is 0 Å². The molecule has 0 radical (unpaired) electrons. The van der Waals surface area contributed by atoms with Crippen molar-refractivity contribution < 1.29 is 9.84 Å². The van der Waals surface area contributed by atoms with Crippen molar-refractivity contribution in [2.24, 2.45) is 4.99 Å². The highest BCUT2D eigenvalue weighted by atomic mass is 35.5. The number of halogens is 2. The highest BCUT2D eigenvalue weighted by Crippen LogP contribution is 2.38. The molecule has 0 fully saturated rings. The quantitative estimate of drug-likeness (QED) is 0.543. The molecule has 0 saturated heterocycles. The second kappa shape index (κ2) is 8.46. The molecule has 6 heteroatoms. The molecule has 0 unspecified atom stereocenters. The second-order valence-corrected chi connectivity index (χ2v) is 7.73. The molecule has 2 N–H and O–H groups in total. The molecule has 0 saturated carbocycles. The monoisotopic (exact) mass is 426 g/mol. The first kappa shape index (κ1) is 19.8. The van der Waals surface area contributed by atoms with E-state index in [1.165, 1.54) is 0 Å². The number of rotatable bonds is 4. The van der Waals surface area contributed by atoms with Crippen LogP contribution in [0.2, 0.25) is 10.0 Å². The van der Waals surface area contributed by atoms with E-state index in [9.17, 15) is 5.11 Å². The van der Waals surface area contributed by atoms with E-state index in [1.807, 2.05) is 60.7 Å². The molecule has 29 heavy (non-hydrogen) atoms. The first-order valence-electron chi connectivity index (χ1n) is 9.25. The molecule has 1 heterocycles. The zero-order valence-electron chi connectivity index (χ0n) is 15.8. The van der Waals surface area contributed by atoms with Crippen molar-refractivity contribution in [2.75, 3.05) is 7.11 Å². The number of hydrogen-bond acceptors (Lipinski definition) is 4. The standard InChI is InChI=1S/C23H20Cl2N2O2/c1-29-21-4-2-3-18(22(21)28)20-13-19(14-5-9-16(24)10-6-14)26-23(27-20)15-7-11-17(25)12-8-15/h2-12,20,23,27-28H,13H2,1H3/t20-,23-/m0/s1. The average molecular weight is 427 g/mol. The van der Waals surface area contributed by atoms with E-state index in [1.54, 1.807) is 13.2 Å². The normalized spacial score (nSPS) is 18.9. The van der Waals surface area contributed by atoms with Gasteiger partial charge in [-0.05, 0) is 41.5 Å². The van der Waals surface area contributed by atoms with Gasteiger partial charge in [-0.3, -0.25) is 10.3 Å². The molecule has 0 aromatic heterocycles. The summed E-state index contributed by atoms with van der Waals surface area (Å²) < 4.78 is 5.29. The smallest absolute Gasteiger partial charge is 0.162 e. The third-order valence-electron chi connectivity index (χ3n) is 5.03. The van der Waals surface area contributed by atoms with E-state index in [0.717, 1.165) is 22.4 Å². The summed E-state index contributed by atoms with van der Waals surface area (Å²) in [6, 6.07) is 20.6. The van der Waals surface area contributed by atoms with Gasteiger partial charge < -0.3 is 9.84 Å². The fourth-order valence-corrected chi connectivity index (χ4v) is 3.78.